The van der Waals surface area contributed by atoms with Gasteiger partial charge in [0.05, 0.1) is 0 Å². The number of rotatable bonds is 2. The van der Waals surface area contributed by atoms with Gasteiger partial charge in [-0.3, -0.25) is 4.79 Å². The Bertz CT molecular complexity index is 697. The van der Waals surface area contributed by atoms with Crippen molar-refractivity contribution in [1.82, 2.24) is 0 Å². The lowest BCUT2D eigenvalue weighted by molar-refractivity contribution is 0.102. The molecule has 3 rings (SSSR count). The van der Waals surface area contributed by atoms with Gasteiger partial charge in [0.2, 0.25) is 0 Å². The van der Waals surface area contributed by atoms with Gasteiger partial charge in [-0.05, 0) is 67.3 Å². The summed E-state index contributed by atoms with van der Waals surface area (Å²) in [6.45, 7) is 3.00. The Morgan fingerprint density at radius 2 is 2.10 bits per heavy atom. The Kier molecular flexibility index (Phi) is 3.97. The average Bonchev–Trinajstić information content (AvgIpc) is 2.50. The summed E-state index contributed by atoms with van der Waals surface area (Å²) in [5.74, 6) is -0.0747. The van der Waals surface area contributed by atoms with Gasteiger partial charge < -0.3 is 10.6 Å². The standard InChI is InChI=1S/C17H17BrN2O/c1-11-9-13(4-6-15(11)18)17(21)20-14-5-7-16-12(10-14)3-2-8-19-16/h4-7,9-10,19H,2-3,8H2,1H3,(H,20,21). The predicted octanol–water partition coefficient (Wildman–Crippen LogP) is 4.37. The number of halogens is 1. The molecule has 0 aromatic heterocycles. The molecule has 1 amide bonds. The van der Waals surface area contributed by atoms with E-state index in [0.717, 1.165) is 35.1 Å². The molecular weight excluding hydrogens is 328 g/mol. The zero-order valence-corrected chi connectivity index (χ0v) is 13.5. The first-order valence-corrected chi connectivity index (χ1v) is 7.87. The Morgan fingerprint density at radius 3 is 2.90 bits per heavy atom. The normalized spacial score (nSPS) is 13.2. The van der Waals surface area contributed by atoms with Gasteiger partial charge >= 0.3 is 0 Å². The van der Waals surface area contributed by atoms with E-state index >= 15 is 0 Å². The summed E-state index contributed by atoms with van der Waals surface area (Å²) >= 11 is 3.45. The van der Waals surface area contributed by atoms with E-state index in [1.165, 1.54) is 11.3 Å². The molecule has 2 aromatic carbocycles. The lowest BCUT2D eigenvalue weighted by Crippen LogP contribution is -2.14. The van der Waals surface area contributed by atoms with E-state index in [4.69, 9.17) is 0 Å². The number of hydrogen-bond donors (Lipinski definition) is 2. The van der Waals surface area contributed by atoms with Crippen LogP contribution in [0.25, 0.3) is 0 Å². The molecule has 0 unspecified atom stereocenters. The predicted molar refractivity (Wildman–Crippen MR) is 90.1 cm³/mol. The van der Waals surface area contributed by atoms with Gasteiger partial charge in [-0.15, -0.1) is 0 Å². The van der Waals surface area contributed by atoms with E-state index in [0.29, 0.717) is 5.56 Å². The fourth-order valence-corrected chi connectivity index (χ4v) is 2.79. The van der Waals surface area contributed by atoms with Crippen molar-refractivity contribution >= 4 is 33.2 Å². The molecule has 0 saturated carbocycles. The molecule has 2 aromatic rings. The summed E-state index contributed by atoms with van der Waals surface area (Å²) in [6, 6.07) is 11.7. The molecule has 0 aliphatic carbocycles. The van der Waals surface area contributed by atoms with Crippen LogP contribution in [0.3, 0.4) is 0 Å². The Labute approximate surface area is 132 Å². The molecule has 2 N–H and O–H groups in total. The van der Waals surface area contributed by atoms with Crippen molar-refractivity contribution in [3.8, 4) is 0 Å². The van der Waals surface area contributed by atoms with Crippen molar-refractivity contribution in [3.63, 3.8) is 0 Å². The smallest absolute Gasteiger partial charge is 0.255 e. The molecule has 0 saturated heterocycles. The van der Waals surface area contributed by atoms with Gasteiger partial charge in [0, 0.05) is 28.0 Å². The zero-order valence-electron chi connectivity index (χ0n) is 11.9. The number of nitrogens with one attached hydrogen (secondary N) is 2. The fraction of sp³-hybridized carbons (Fsp3) is 0.235. The van der Waals surface area contributed by atoms with E-state index in [-0.39, 0.29) is 5.91 Å². The second-order valence-corrected chi connectivity index (χ2v) is 6.17. The topological polar surface area (TPSA) is 41.1 Å². The summed E-state index contributed by atoms with van der Waals surface area (Å²) in [4.78, 5) is 12.3. The summed E-state index contributed by atoms with van der Waals surface area (Å²) in [6.07, 6.45) is 2.19. The van der Waals surface area contributed by atoms with Crippen LogP contribution >= 0.6 is 15.9 Å². The molecule has 3 nitrogen and oxygen atoms in total. The minimum absolute atomic E-state index is 0.0747. The Balaban J connectivity index is 1.79. The maximum absolute atomic E-state index is 12.3. The van der Waals surface area contributed by atoms with Crippen LogP contribution in [0.5, 0.6) is 0 Å². The van der Waals surface area contributed by atoms with Crippen LogP contribution < -0.4 is 10.6 Å². The highest BCUT2D eigenvalue weighted by molar-refractivity contribution is 9.10. The molecule has 0 atom stereocenters. The molecule has 0 spiro atoms. The van der Waals surface area contributed by atoms with Crippen LogP contribution in [0.1, 0.15) is 27.9 Å². The summed E-state index contributed by atoms with van der Waals surface area (Å²) < 4.78 is 1.01. The van der Waals surface area contributed by atoms with Crippen molar-refractivity contribution in [3.05, 3.63) is 57.6 Å². The second kappa shape index (κ2) is 5.90. The quantitative estimate of drug-likeness (QED) is 0.849. The third-order valence-corrected chi connectivity index (χ3v) is 4.61. The monoisotopic (exact) mass is 344 g/mol. The second-order valence-electron chi connectivity index (χ2n) is 5.32. The van der Waals surface area contributed by atoms with Crippen molar-refractivity contribution in [2.45, 2.75) is 19.8 Å². The number of anilines is 2. The summed E-state index contributed by atoms with van der Waals surface area (Å²) in [5.41, 5.74) is 5.02. The van der Waals surface area contributed by atoms with Gasteiger partial charge in [-0.2, -0.15) is 0 Å². The molecule has 21 heavy (non-hydrogen) atoms. The number of amides is 1. The maximum Gasteiger partial charge on any atom is 0.255 e. The van der Waals surface area contributed by atoms with Gasteiger partial charge in [0.25, 0.3) is 5.91 Å². The lowest BCUT2D eigenvalue weighted by Gasteiger charge is -2.18. The van der Waals surface area contributed by atoms with Crippen LogP contribution in [-0.4, -0.2) is 12.5 Å². The van der Waals surface area contributed by atoms with Crippen LogP contribution in [0.4, 0.5) is 11.4 Å². The van der Waals surface area contributed by atoms with Crippen LogP contribution in [0, 0.1) is 6.92 Å². The Morgan fingerprint density at radius 1 is 1.24 bits per heavy atom. The van der Waals surface area contributed by atoms with Crippen molar-refractivity contribution in [2.24, 2.45) is 0 Å². The summed E-state index contributed by atoms with van der Waals surface area (Å²) in [5, 5.41) is 6.34. The Hall–Kier alpha value is -1.81. The highest BCUT2D eigenvalue weighted by atomic mass is 79.9. The molecule has 0 radical (unpaired) electrons. The molecule has 4 heteroatoms. The third-order valence-electron chi connectivity index (χ3n) is 3.72. The third kappa shape index (κ3) is 3.10. The van der Waals surface area contributed by atoms with Crippen molar-refractivity contribution < 1.29 is 4.79 Å². The van der Waals surface area contributed by atoms with Gasteiger partial charge in [0.15, 0.2) is 0 Å². The van der Waals surface area contributed by atoms with Crippen LogP contribution in [0.2, 0.25) is 0 Å². The first-order valence-electron chi connectivity index (χ1n) is 7.08. The fourth-order valence-electron chi connectivity index (χ4n) is 2.54. The number of fused-ring (bicyclic) bond motifs is 1. The van der Waals surface area contributed by atoms with Crippen molar-refractivity contribution in [1.29, 1.82) is 0 Å². The highest BCUT2D eigenvalue weighted by Gasteiger charge is 2.11. The zero-order chi connectivity index (χ0) is 14.8. The molecule has 0 fully saturated rings. The molecule has 1 aliphatic heterocycles. The first kappa shape index (κ1) is 14.1. The highest BCUT2D eigenvalue weighted by Crippen LogP contribution is 2.25. The number of carbonyl (C=O) groups is 1. The molecule has 0 bridgehead atoms. The maximum atomic E-state index is 12.3. The van der Waals surface area contributed by atoms with Crippen LogP contribution in [-0.2, 0) is 6.42 Å². The minimum atomic E-state index is -0.0747. The number of hydrogen-bond acceptors (Lipinski definition) is 2. The molecule has 1 heterocycles. The van der Waals surface area contributed by atoms with E-state index in [2.05, 4.69) is 32.6 Å². The molecule has 108 valence electrons. The summed E-state index contributed by atoms with van der Waals surface area (Å²) in [7, 11) is 0. The van der Waals surface area contributed by atoms with E-state index in [1.807, 2.05) is 37.3 Å². The molecular formula is C17H17BrN2O. The number of aryl methyl sites for hydroxylation is 2. The lowest BCUT2D eigenvalue weighted by atomic mass is 10.0. The minimum Gasteiger partial charge on any atom is -0.385 e. The van der Waals surface area contributed by atoms with Crippen molar-refractivity contribution in [2.75, 3.05) is 17.2 Å². The average molecular weight is 345 g/mol. The first-order chi connectivity index (χ1) is 10.1. The van der Waals surface area contributed by atoms with Gasteiger partial charge in [-0.25, -0.2) is 0 Å². The largest absolute Gasteiger partial charge is 0.385 e. The molecule has 1 aliphatic rings. The number of carbonyl (C=O) groups excluding carboxylic acids is 1. The van der Waals surface area contributed by atoms with E-state index in [9.17, 15) is 4.79 Å². The SMILES string of the molecule is Cc1cc(C(=O)Nc2ccc3c(c2)CCCN3)ccc1Br. The number of benzene rings is 2. The van der Waals surface area contributed by atoms with E-state index in [1.54, 1.807) is 0 Å². The van der Waals surface area contributed by atoms with Gasteiger partial charge in [-0.1, -0.05) is 15.9 Å². The van der Waals surface area contributed by atoms with E-state index < -0.39 is 0 Å². The van der Waals surface area contributed by atoms with Gasteiger partial charge in [0.1, 0.15) is 0 Å². The van der Waals surface area contributed by atoms with Crippen LogP contribution in [0.15, 0.2) is 40.9 Å².